The second-order valence-electron chi connectivity index (χ2n) is 4.64. The molecule has 0 unspecified atom stereocenters. The summed E-state index contributed by atoms with van der Waals surface area (Å²) in [6, 6.07) is 4.14. The summed E-state index contributed by atoms with van der Waals surface area (Å²) < 4.78 is 18.7. The molecule has 4 N–H and O–H groups in total. The van der Waals surface area contributed by atoms with Crippen molar-refractivity contribution in [1.29, 1.82) is 0 Å². The van der Waals surface area contributed by atoms with E-state index in [-0.39, 0.29) is 5.84 Å². The quantitative estimate of drug-likeness (QED) is 0.338. The first-order valence-corrected chi connectivity index (χ1v) is 6.41. The third kappa shape index (κ3) is 3.57. The highest BCUT2D eigenvalue weighted by molar-refractivity contribution is 5.98. The number of benzene rings is 1. The number of aromatic nitrogens is 1. The fourth-order valence-corrected chi connectivity index (χ4v) is 1.91. The molecule has 0 aliphatic heterocycles. The molecule has 7 heteroatoms. The van der Waals surface area contributed by atoms with Gasteiger partial charge >= 0.3 is 0 Å². The molecule has 0 atom stereocenters. The predicted octanol–water partition coefficient (Wildman–Crippen LogP) is 1.81. The Morgan fingerprint density at radius 2 is 2.19 bits per heavy atom. The molecule has 0 bridgehead atoms. The molecule has 0 saturated carbocycles. The van der Waals surface area contributed by atoms with Gasteiger partial charge in [-0.2, -0.15) is 0 Å². The zero-order valence-electron chi connectivity index (χ0n) is 11.9. The Labute approximate surface area is 121 Å². The van der Waals surface area contributed by atoms with Crippen molar-refractivity contribution in [3.63, 3.8) is 0 Å². The van der Waals surface area contributed by atoms with E-state index in [9.17, 15) is 4.39 Å². The second kappa shape index (κ2) is 6.36. The number of hydrogen-bond donors (Lipinski definition) is 3. The molecule has 6 nitrogen and oxygen atoms in total. The minimum absolute atomic E-state index is 0.130. The monoisotopic (exact) mass is 292 g/mol. The van der Waals surface area contributed by atoms with Crippen LogP contribution in [0.2, 0.25) is 0 Å². The lowest BCUT2D eigenvalue weighted by atomic mass is 10.1. The Hall–Kier alpha value is -2.41. The molecule has 21 heavy (non-hydrogen) atoms. The van der Waals surface area contributed by atoms with E-state index in [0.29, 0.717) is 30.1 Å². The average Bonchev–Trinajstić information content (AvgIpc) is 2.78. The number of nitrogens with zero attached hydrogens (tertiary/aromatic N) is 2. The van der Waals surface area contributed by atoms with E-state index in [0.717, 1.165) is 11.5 Å². The summed E-state index contributed by atoms with van der Waals surface area (Å²) in [5.41, 5.74) is 7.46. The van der Waals surface area contributed by atoms with Gasteiger partial charge in [-0.3, -0.25) is 0 Å². The summed E-state index contributed by atoms with van der Waals surface area (Å²) in [6.07, 6.45) is 0. The van der Waals surface area contributed by atoms with Crippen molar-refractivity contribution in [2.75, 3.05) is 0 Å². The smallest absolute Gasteiger partial charge is 0.208 e. The molecule has 0 saturated heterocycles. The van der Waals surface area contributed by atoms with Crippen molar-refractivity contribution in [2.45, 2.75) is 26.9 Å². The van der Waals surface area contributed by atoms with Crippen LogP contribution in [-0.4, -0.2) is 16.0 Å². The summed E-state index contributed by atoms with van der Waals surface area (Å²) in [5.74, 6) is 0.789. The Kier molecular flexibility index (Phi) is 4.54. The summed E-state index contributed by atoms with van der Waals surface area (Å²) in [5, 5.41) is 14.8. The number of oxime groups is 1. The van der Waals surface area contributed by atoms with Gasteiger partial charge in [0.15, 0.2) is 5.84 Å². The Morgan fingerprint density at radius 1 is 1.43 bits per heavy atom. The summed E-state index contributed by atoms with van der Waals surface area (Å²) >= 11 is 0. The molecular formula is C14H17FN4O2. The lowest BCUT2D eigenvalue weighted by Crippen LogP contribution is -2.20. The first-order valence-electron chi connectivity index (χ1n) is 6.41. The minimum atomic E-state index is -0.445. The largest absolute Gasteiger partial charge is 0.444 e. The number of hydrogen-bond acceptors (Lipinski definition) is 5. The molecule has 0 spiro atoms. The van der Waals surface area contributed by atoms with E-state index in [2.05, 4.69) is 15.5 Å². The van der Waals surface area contributed by atoms with Crippen molar-refractivity contribution in [3.05, 3.63) is 52.5 Å². The highest BCUT2D eigenvalue weighted by atomic mass is 19.1. The van der Waals surface area contributed by atoms with Gasteiger partial charge in [0, 0.05) is 12.1 Å². The van der Waals surface area contributed by atoms with Crippen molar-refractivity contribution in [2.24, 2.45) is 10.9 Å². The number of nitrogens with one attached hydrogen (secondary N) is 1. The SMILES string of the molecule is Cc1nc(CNCc2ccc(F)cc2/C(N)=N/O)oc1C. The van der Waals surface area contributed by atoms with Gasteiger partial charge in [-0.05, 0) is 31.5 Å². The van der Waals surface area contributed by atoms with Gasteiger partial charge in [-0.15, -0.1) is 0 Å². The van der Waals surface area contributed by atoms with Crippen LogP contribution in [0, 0.1) is 19.7 Å². The molecule has 0 aliphatic rings. The number of halogens is 1. The zero-order chi connectivity index (χ0) is 15.4. The van der Waals surface area contributed by atoms with E-state index >= 15 is 0 Å². The first-order chi connectivity index (χ1) is 10.0. The number of rotatable bonds is 5. The molecule has 1 heterocycles. The predicted molar refractivity (Wildman–Crippen MR) is 75.4 cm³/mol. The van der Waals surface area contributed by atoms with Gasteiger partial charge in [0.1, 0.15) is 11.6 Å². The maximum Gasteiger partial charge on any atom is 0.208 e. The van der Waals surface area contributed by atoms with E-state index in [1.165, 1.54) is 12.1 Å². The highest BCUT2D eigenvalue weighted by Crippen LogP contribution is 2.12. The van der Waals surface area contributed by atoms with Crippen molar-refractivity contribution in [1.82, 2.24) is 10.3 Å². The normalized spacial score (nSPS) is 11.9. The molecule has 0 amide bonds. The molecule has 2 aromatic rings. The third-order valence-corrected chi connectivity index (χ3v) is 3.12. The fourth-order valence-electron chi connectivity index (χ4n) is 1.91. The van der Waals surface area contributed by atoms with Gasteiger partial charge in [0.25, 0.3) is 0 Å². The zero-order valence-corrected chi connectivity index (χ0v) is 11.9. The highest BCUT2D eigenvalue weighted by Gasteiger charge is 2.10. The van der Waals surface area contributed by atoms with Crippen LogP contribution in [0.4, 0.5) is 4.39 Å². The fraction of sp³-hybridized carbons (Fsp3) is 0.286. The Balaban J connectivity index is 2.06. The second-order valence-corrected chi connectivity index (χ2v) is 4.64. The summed E-state index contributed by atoms with van der Waals surface area (Å²) in [7, 11) is 0. The maximum atomic E-state index is 13.2. The Morgan fingerprint density at radius 3 is 2.81 bits per heavy atom. The van der Waals surface area contributed by atoms with Crippen molar-refractivity contribution < 1.29 is 14.0 Å². The van der Waals surface area contributed by atoms with Crippen LogP contribution in [0.3, 0.4) is 0 Å². The first kappa shape index (κ1) is 15.0. The number of amidine groups is 1. The van der Waals surface area contributed by atoms with Gasteiger partial charge in [0.05, 0.1) is 12.2 Å². The minimum Gasteiger partial charge on any atom is -0.444 e. The van der Waals surface area contributed by atoms with Crippen molar-refractivity contribution >= 4 is 5.84 Å². The van der Waals surface area contributed by atoms with E-state index in [1.807, 2.05) is 13.8 Å². The van der Waals surface area contributed by atoms with E-state index < -0.39 is 5.82 Å². The van der Waals surface area contributed by atoms with Crippen LogP contribution in [0.1, 0.15) is 28.5 Å². The molecule has 0 fully saturated rings. The van der Waals surface area contributed by atoms with Crippen LogP contribution in [-0.2, 0) is 13.1 Å². The molecular weight excluding hydrogens is 275 g/mol. The van der Waals surface area contributed by atoms with Crippen molar-refractivity contribution in [3.8, 4) is 0 Å². The van der Waals surface area contributed by atoms with E-state index in [4.69, 9.17) is 15.4 Å². The molecule has 0 aliphatic carbocycles. The molecule has 0 radical (unpaired) electrons. The third-order valence-electron chi connectivity index (χ3n) is 3.12. The number of nitrogens with two attached hydrogens (primary N) is 1. The molecule has 1 aromatic carbocycles. The van der Waals surface area contributed by atoms with Crippen LogP contribution < -0.4 is 11.1 Å². The summed E-state index contributed by atoms with van der Waals surface area (Å²) in [4.78, 5) is 4.25. The molecule has 1 aromatic heterocycles. The molecule has 2 rings (SSSR count). The maximum absolute atomic E-state index is 13.2. The summed E-state index contributed by atoms with van der Waals surface area (Å²) in [6.45, 7) is 4.56. The van der Waals surface area contributed by atoms with Gasteiger partial charge < -0.3 is 20.7 Å². The van der Waals surface area contributed by atoms with Crippen LogP contribution in [0.15, 0.2) is 27.8 Å². The lowest BCUT2D eigenvalue weighted by Gasteiger charge is -2.09. The van der Waals surface area contributed by atoms with Gasteiger partial charge in [-0.25, -0.2) is 9.37 Å². The lowest BCUT2D eigenvalue weighted by molar-refractivity contribution is 0.318. The van der Waals surface area contributed by atoms with E-state index in [1.54, 1.807) is 6.07 Å². The number of aryl methyl sites for hydroxylation is 2. The van der Waals surface area contributed by atoms with Crippen LogP contribution in [0.25, 0.3) is 0 Å². The van der Waals surface area contributed by atoms with Gasteiger partial charge in [-0.1, -0.05) is 11.2 Å². The number of oxazole rings is 1. The average molecular weight is 292 g/mol. The standard InChI is InChI=1S/C14H17FN4O2/c1-8-9(2)21-13(18-8)7-17-6-10-3-4-11(15)5-12(10)14(16)19-20/h3-5,17,20H,6-7H2,1-2H3,(H2,16,19). The Bertz CT molecular complexity index is 647. The molecule has 112 valence electrons. The van der Waals surface area contributed by atoms with Crippen LogP contribution >= 0.6 is 0 Å². The van der Waals surface area contributed by atoms with Gasteiger partial charge in [0.2, 0.25) is 5.89 Å². The topological polar surface area (TPSA) is 96.7 Å². The van der Waals surface area contributed by atoms with Crippen LogP contribution in [0.5, 0.6) is 0 Å².